The first-order valence-corrected chi connectivity index (χ1v) is 10.7. The number of piperidine rings is 1. The molecule has 0 bridgehead atoms. The first kappa shape index (κ1) is 18.0. The number of sulfone groups is 1. The van der Waals surface area contributed by atoms with Crippen LogP contribution in [0.3, 0.4) is 0 Å². The van der Waals surface area contributed by atoms with Gasteiger partial charge in [-0.2, -0.15) is 13.2 Å². The molecule has 9 heteroatoms. The number of pyridine rings is 1. The Bertz CT molecular complexity index is 767. The average Bonchev–Trinajstić information content (AvgIpc) is 2.98. The summed E-state index contributed by atoms with van der Waals surface area (Å²) in [6.45, 7) is 3.27. The van der Waals surface area contributed by atoms with Crippen LogP contribution >= 0.6 is 0 Å². The van der Waals surface area contributed by atoms with Crippen LogP contribution in [0.15, 0.2) is 18.3 Å². The molecule has 1 atom stereocenters. The molecule has 1 aromatic heterocycles. The molecule has 1 spiro atoms. The van der Waals surface area contributed by atoms with E-state index in [2.05, 4.69) is 14.8 Å². The maximum absolute atomic E-state index is 12.7. The van der Waals surface area contributed by atoms with E-state index in [9.17, 15) is 21.6 Å². The molecule has 3 fully saturated rings. The number of alkyl halides is 3. The molecule has 4 rings (SSSR count). The molecule has 3 aliphatic rings. The Hall–Kier alpha value is -1.35. The van der Waals surface area contributed by atoms with E-state index < -0.39 is 21.7 Å². The predicted octanol–water partition coefficient (Wildman–Crippen LogP) is 2.19. The van der Waals surface area contributed by atoms with Crippen molar-refractivity contribution in [3.8, 4) is 0 Å². The molecule has 5 nitrogen and oxygen atoms in total. The second-order valence-corrected chi connectivity index (χ2v) is 9.96. The lowest BCUT2D eigenvalue weighted by Crippen LogP contribution is -2.53. The largest absolute Gasteiger partial charge is 0.433 e. The molecule has 0 radical (unpaired) electrons. The minimum atomic E-state index is -4.42. The zero-order valence-electron chi connectivity index (χ0n) is 14.4. The summed E-state index contributed by atoms with van der Waals surface area (Å²) in [5.74, 6) is 0.603. The van der Waals surface area contributed by atoms with Crippen LogP contribution in [0.4, 0.5) is 18.9 Å². The zero-order chi connectivity index (χ0) is 18.6. The summed E-state index contributed by atoms with van der Waals surface area (Å²) in [7, 11) is -2.83. The standard InChI is InChI=1S/C17H22F3N3O2S/c18-17(19,20)15-4-3-13(8-21-15)22-6-1-2-14(9-22)23-7-5-16(10-23)11-26(24,25)12-16/h3-4,8,14H,1-2,5-7,9-12H2/t14-/m1/s1. The van der Waals surface area contributed by atoms with E-state index in [1.165, 1.54) is 12.3 Å². The van der Waals surface area contributed by atoms with Gasteiger partial charge in [-0.3, -0.25) is 4.90 Å². The van der Waals surface area contributed by atoms with Gasteiger partial charge in [0.05, 0.1) is 23.4 Å². The van der Waals surface area contributed by atoms with E-state index in [0.29, 0.717) is 23.2 Å². The van der Waals surface area contributed by atoms with Crippen LogP contribution in [0.2, 0.25) is 0 Å². The third kappa shape index (κ3) is 3.43. The maximum Gasteiger partial charge on any atom is 0.433 e. The highest BCUT2D eigenvalue weighted by Gasteiger charge is 2.53. The van der Waals surface area contributed by atoms with E-state index in [1.807, 2.05) is 0 Å². The fourth-order valence-electron chi connectivity index (χ4n) is 4.64. The highest BCUT2D eigenvalue weighted by molar-refractivity contribution is 7.92. The summed E-state index contributed by atoms with van der Waals surface area (Å²) in [5.41, 5.74) is -0.220. The van der Waals surface area contributed by atoms with Gasteiger partial charge in [-0.15, -0.1) is 0 Å². The number of hydrogen-bond donors (Lipinski definition) is 0. The van der Waals surface area contributed by atoms with Gasteiger partial charge in [0.15, 0.2) is 9.84 Å². The van der Waals surface area contributed by atoms with E-state index in [1.54, 1.807) is 0 Å². The van der Waals surface area contributed by atoms with Crippen molar-refractivity contribution in [3.63, 3.8) is 0 Å². The van der Waals surface area contributed by atoms with Gasteiger partial charge in [0, 0.05) is 31.1 Å². The molecule has 4 heterocycles. The number of aromatic nitrogens is 1. The second kappa shape index (κ2) is 6.09. The van der Waals surface area contributed by atoms with Crippen molar-refractivity contribution in [1.82, 2.24) is 9.88 Å². The Balaban J connectivity index is 1.40. The van der Waals surface area contributed by atoms with Gasteiger partial charge >= 0.3 is 6.18 Å². The number of rotatable bonds is 2. The fourth-order valence-corrected chi connectivity index (χ4v) is 6.89. The summed E-state index contributed by atoms with van der Waals surface area (Å²) in [4.78, 5) is 8.02. The summed E-state index contributed by atoms with van der Waals surface area (Å²) in [5, 5.41) is 0. The van der Waals surface area contributed by atoms with Crippen LogP contribution in [0.25, 0.3) is 0 Å². The van der Waals surface area contributed by atoms with E-state index in [-0.39, 0.29) is 5.41 Å². The zero-order valence-corrected chi connectivity index (χ0v) is 15.2. The van der Waals surface area contributed by atoms with Crippen LogP contribution in [-0.2, 0) is 16.0 Å². The van der Waals surface area contributed by atoms with Crippen LogP contribution in [0, 0.1) is 5.41 Å². The van der Waals surface area contributed by atoms with Crippen molar-refractivity contribution in [3.05, 3.63) is 24.0 Å². The van der Waals surface area contributed by atoms with Gasteiger partial charge in [0.2, 0.25) is 0 Å². The lowest BCUT2D eigenvalue weighted by atomic mass is 9.91. The van der Waals surface area contributed by atoms with Gasteiger partial charge in [-0.1, -0.05) is 0 Å². The van der Waals surface area contributed by atoms with Gasteiger partial charge in [-0.05, 0) is 37.9 Å². The van der Waals surface area contributed by atoms with Crippen molar-refractivity contribution >= 4 is 15.5 Å². The molecule has 0 amide bonds. The van der Waals surface area contributed by atoms with E-state index >= 15 is 0 Å². The number of hydrogen-bond acceptors (Lipinski definition) is 5. The molecule has 3 saturated heterocycles. The summed E-state index contributed by atoms with van der Waals surface area (Å²) in [6, 6.07) is 2.83. The minimum Gasteiger partial charge on any atom is -0.369 e. The van der Waals surface area contributed by atoms with Crippen molar-refractivity contribution in [2.45, 2.75) is 31.5 Å². The molecule has 0 saturated carbocycles. The fraction of sp³-hybridized carbons (Fsp3) is 0.706. The van der Waals surface area contributed by atoms with Crippen LogP contribution in [0.5, 0.6) is 0 Å². The smallest absolute Gasteiger partial charge is 0.369 e. The molecular formula is C17H22F3N3O2S. The van der Waals surface area contributed by atoms with Crippen molar-refractivity contribution < 1.29 is 21.6 Å². The quantitative estimate of drug-likeness (QED) is 0.776. The molecule has 144 valence electrons. The summed E-state index contributed by atoms with van der Waals surface area (Å²) in [6.07, 6.45) is -0.198. The molecule has 0 aromatic carbocycles. The number of anilines is 1. The average molecular weight is 389 g/mol. The first-order chi connectivity index (χ1) is 12.2. The highest BCUT2D eigenvalue weighted by atomic mass is 32.2. The first-order valence-electron chi connectivity index (χ1n) is 8.89. The molecule has 0 N–H and O–H groups in total. The van der Waals surface area contributed by atoms with Crippen molar-refractivity contribution in [2.75, 3.05) is 42.6 Å². The van der Waals surface area contributed by atoms with Gasteiger partial charge in [-0.25, -0.2) is 13.4 Å². The van der Waals surface area contributed by atoms with Gasteiger partial charge < -0.3 is 4.90 Å². The number of halogens is 3. The molecule has 26 heavy (non-hydrogen) atoms. The third-order valence-electron chi connectivity index (χ3n) is 5.84. The highest BCUT2D eigenvalue weighted by Crippen LogP contribution is 2.42. The van der Waals surface area contributed by atoms with Crippen molar-refractivity contribution in [2.24, 2.45) is 5.41 Å². The second-order valence-electron chi connectivity index (χ2n) is 7.89. The Morgan fingerprint density at radius 2 is 1.96 bits per heavy atom. The maximum atomic E-state index is 12.7. The van der Waals surface area contributed by atoms with Gasteiger partial charge in [0.1, 0.15) is 5.69 Å². The Kier molecular flexibility index (Phi) is 4.22. The Morgan fingerprint density at radius 3 is 2.58 bits per heavy atom. The summed E-state index contributed by atoms with van der Waals surface area (Å²) >= 11 is 0. The molecule has 0 aliphatic carbocycles. The third-order valence-corrected chi connectivity index (χ3v) is 7.94. The van der Waals surface area contributed by atoms with E-state index in [0.717, 1.165) is 51.5 Å². The molecular weight excluding hydrogens is 367 g/mol. The SMILES string of the molecule is O=S1(=O)CC2(CCN([C@@H]3CCCN(c4ccc(C(F)(F)F)nc4)C3)C2)C1. The van der Waals surface area contributed by atoms with Crippen LogP contribution in [0.1, 0.15) is 25.0 Å². The van der Waals surface area contributed by atoms with Crippen LogP contribution < -0.4 is 4.90 Å². The lowest BCUT2D eigenvalue weighted by Gasteiger charge is -2.41. The van der Waals surface area contributed by atoms with Crippen molar-refractivity contribution in [1.29, 1.82) is 0 Å². The Labute approximate surface area is 151 Å². The molecule has 0 unspecified atom stereocenters. The Morgan fingerprint density at radius 1 is 1.19 bits per heavy atom. The number of likely N-dealkylation sites (tertiary alicyclic amines) is 1. The van der Waals surface area contributed by atoms with E-state index in [4.69, 9.17) is 0 Å². The lowest BCUT2D eigenvalue weighted by molar-refractivity contribution is -0.141. The normalized spacial score (nSPS) is 28.3. The molecule has 1 aromatic rings. The van der Waals surface area contributed by atoms with Crippen LogP contribution in [-0.4, -0.2) is 62.0 Å². The minimum absolute atomic E-state index is 0.0585. The van der Waals surface area contributed by atoms with Gasteiger partial charge in [0.25, 0.3) is 0 Å². The number of nitrogens with zero attached hydrogens (tertiary/aromatic N) is 3. The predicted molar refractivity (Wildman–Crippen MR) is 91.8 cm³/mol. The topological polar surface area (TPSA) is 53.5 Å². The summed E-state index contributed by atoms with van der Waals surface area (Å²) < 4.78 is 61.1. The monoisotopic (exact) mass is 389 g/mol. The molecule has 3 aliphatic heterocycles.